The van der Waals surface area contributed by atoms with Crippen LogP contribution in [0.25, 0.3) is 43.7 Å². The first-order valence-electron chi connectivity index (χ1n) is 9.38. The molecule has 0 amide bonds. The van der Waals surface area contributed by atoms with E-state index in [4.69, 9.17) is 15.2 Å². The number of hydrogen-bond donors (Lipinski definition) is 0. The Balaban J connectivity index is 1.44. The zero-order chi connectivity index (χ0) is 20.3. The predicted octanol–water partition coefficient (Wildman–Crippen LogP) is 7.14. The average Bonchev–Trinajstić information content (AvgIpc) is 3.50. The lowest BCUT2D eigenvalue weighted by atomic mass is 10.1. The predicted molar refractivity (Wildman–Crippen MR) is 124 cm³/mol. The van der Waals surface area contributed by atoms with Gasteiger partial charge in [-0.3, -0.25) is 0 Å². The van der Waals surface area contributed by atoms with Crippen molar-refractivity contribution in [2.75, 3.05) is 0 Å². The van der Waals surface area contributed by atoms with E-state index in [2.05, 4.69) is 53.2 Å². The van der Waals surface area contributed by atoms with Crippen molar-refractivity contribution < 1.29 is 0 Å². The summed E-state index contributed by atoms with van der Waals surface area (Å²) in [7, 11) is 0. The van der Waals surface area contributed by atoms with Gasteiger partial charge in [-0.05, 0) is 18.2 Å². The molecule has 2 heterocycles. The second-order valence-electron chi connectivity index (χ2n) is 6.71. The van der Waals surface area contributed by atoms with Crippen LogP contribution >= 0.6 is 22.7 Å². The summed E-state index contributed by atoms with van der Waals surface area (Å²) in [5, 5.41) is 15.1. The topological polar surface area (TPSA) is 49.6 Å². The average molecular weight is 422 g/mol. The summed E-state index contributed by atoms with van der Waals surface area (Å²) in [6.07, 6.45) is 0. The molecule has 0 bridgehead atoms. The number of thiazole rings is 2. The monoisotopic (exact) mass is 421 g/mol. The van der Waals surface area contributed by atoms with Gasteiger partial charge in [0.25, 0.3) is 0 Å². The summed E-state index contributed by atoms with van der Waals surface area (Å²) in [6, 6.07) is 28.3. The molecule has 5 heteroatoms. The van der Waals surface area contributed by atoms with Gasteiger partial charge in [0, 0.05) is 33.0 Å². The third kappa shape index (κ3) is 3.67. The maximum absolute atomic E-state index is 8.97. The summed E-state index contributed by atoms with van der Waals surface area (Å²) in [6.45, 7) is 0. The smallest absolute Gasteiger partial charge is 0.124 e. The molecule has 0 N–H and O–H groups in total. The molecule has 0 spiro atoms. The summed E-state index contributed by atoms with van der Waals surface area (Å²) < 4.78 is 0. The second-order valence-corrected chi connectivity index (χ2v) is 8.43. The summed E-state index contributed by atoms with van der Waals surface area (Å²) in [5.74, 6) is 0. The minimum Gasteiger partial charge on any atom is -0.236 e. The van der Waals surface area contributed by atoms with Crippen LogP contribution in [0.15, 0.2) is 89.6 Å². The lowest BCUT2D eigenvalue weighted by Gasteiger charge is -2.01. The number of nitriles is 1. The quantitative estimate of drug-likeness (QED) is 0.310. The molecular weight excluding hydrogens is 406 g/mol. The van der Waals surface area contributed by atoms with Crippen LogP contribution in [-0.2, 0) is 0 Å². The summed E-state index contributed by atoms with van der Waals surface area (Å²) in [5.41, 5.74) is 6.86. The van der Waals surface area contributed by atoms with Crippen molar-refractivity contribution in [2.24, 2.45) is 0 Å². The Bertz CT molecular complexity index is 1340. The fraction of sp³-hybridized carbons (Fsp3) is 0. The molecule has 2 aromatic heterocycles. The van der Waals surface area contributed by atoms with Crippen molar-refractivity contribution in [1.29, 1.82) is 5.26 Å². The van der Waals surface area contributed by atoms with E-state index in [0.29, 0.717) is 5.56 Å². The molecule has 0 aliphatic heterocycles. The third-order valence-corrected chi connectivity index (χ3v) is 6.53. The minimum absolute atomic E-state index is 0.653. The van der Waals surface area contributed by atoms with Gasteiger partial charge in [-0.25, -0.2) is 9.97 Å². The van der Waals surface area contributed by atoms with Crippen molar-refractivity contribution in [3.8, 4) is 49.7 Å². The van der Waals surface area contributed by atoms with E-state index >= 15 is 0 Å². The van der Waals surface area contributed by atoms with Gasteiger partial charge in [0.15, 0.2) is 0 Å². The highest BCUT2D eigenvalue weighted by Gasteiger charge is 2.10. The van der Waals surface area contributed by atoms with Crippen LogP contribution in [0.1, 0.15) is 5.56 Å². The molecule has 142 valence electrons. The first kappa shape index (κ1) is 18.4. The van der Waals surface area contributed by atoms with Crippen LogP contribution in [0.3, 0.4) is 0 Å². The maximum Gasteiger partial charge on any atom is 0.124 e. The zero-order valence-electron chi connectivity index (χ0n) is 15.8. The normalized spacial score (nSPS) is 10.6. The fourth-order valence-corrected chi connectivity index (χ4v) is 4.85. The highest BCUT2D eigenvalue weighted by atomic mass is 32.1. The van der Waals surface area contributed by atoms with Crippen LogP contribution in [0.4, 0.5) is 0 Å². The molecule has 0 radical (unpaired) electrons. The summed E-state index contributed by atoms with van der Waals surface area (Å²) >= 11 is 3.28. The van der Waals surface area contributed by atoms with Gasteiger partial charge in [-0.15, -0.1) is 22.7 Å². The van der Waals surface area contributed by atoms with E-state index < -0.39 is 0 Å². The molecule has 3 aromatic carbocycles. The number of nitrogens with zero attached hydrogens (tertiary/aromatic N) is 3. The molecule has 30 heavy (non-hydrogen) atoms. The van der Waals surface area contributed by atoms with Gasteiger partial charge in [-0.2, -0.15) is 5.26 Å². The standard InChI is InChI=1S/C25H15N3S2/c26-14-17-9-11-18(12-10-17)22-15-30-25(27-22)21-8-4-7-20(13-21)23-16-29-24(28-23)19-5-2-1-3-6-19/h1-13,15-16H. The summed E-state index contributed by atoms with van der Waals surface area (Å²) in [4.78, 5) is 9.64. The van der Waals surface area contributed by atoms with Crippen molar-refractivity contribution >= 4 is 22.7 Å². The minimum atomic E-state index is 0.653. The SMILES string of the molecule is N#Cc1ccc(-c2csc(-c3cccc(-c4csc(-c5ccccc5)n4)c3)n2)cc1. The molecule has 0 saturated carbocycles. The number of benzene rings is 3. The van der Waals surface area contributed by atoms with Gasteiger partial charge in [-0.1, -0.05) is 60.7 Å². The largest absolute Gasteiger partial charge is 0.236 e. The number of hydrogen-bond acceptors (Lipinski definition) is 5. The van der Waals surface area contributed by atoms with Gasteiger partial charge >= 0.3 is 0 Å². The molecule has 0 aliphatic rings. The van der Waals surface area contributed by atoms with Crippen LogP contribution in [0.5, 0.6) is 0 Å². The fourth-order valence-electron chi connectivity index (χ4n) is 3.19. The Morgan fingerprint density at radius 2 is 1.20 bits per heavy atom. The van der Waals surface area contributed by atoms with E-state index in [-0.39, 0.29) is 0 Å². The van der Waals surface area contributed by atoms with Crippen molar-refractivity contribution in [2.45, 2.75) is 0 Å². The van der Waals surface area contributed by atoms with E-state index in [1.807, 2.05) is 42.5 Å². The molecular formula is C25H15N3S2. The maximum atomic E-state index is 8.97. The van der Waals surface area contributed by atoms with Gasteiger partial charge in [0.1, 0.15) is 10.0 Å². The van der Waals surface area contributed by atoms with Crippen LogP contribution in [0, 0.1) is 11.3 Å². The Morgan fingerprint density at radius 1 is 0.600 bits per heavy atom. The van der Waals surface area contributed by atoms with Gasteiger partial charge in [0.05, 0.1) is 23.0 Å². The Kier molecular flexibility index (Phi) is 4.94. The van der Waals surface area contributed by atoms with Crippen molar-refractivity contribution in [3.05, 3.63) is 95.2 Å². The molecule has 0 aliphatic carbocycles. The van der Waals surface area contributed by atoms with E-state index in [9.17, 15) is 0 Å². The number of rotatable bonds is 4. The highest BCUT2D eigenvalue weighted by Crippen LogP contribution is 2.33. The van der Waals surface area contributed by atoms with Crippen LogP contribution in [-0.4, -0.2) is 9.97 Å². The zero-order valence-corrected chi connectivity index (χ0v) is 17.5. The van der Waals surface area contributed by atoms with Crippen LogP contribution < -0.4 is 0 Å². The number of aromatic nitrogens is 2. The van der Waals surface area contributed by atoms with E-state index in [1.165, 1.54) is 0 Å². The molecule has 0 saturated heterocycles. The molecule has 5 aromatic rings. The van der Waals surface area contributed by atoms with E-state index in [0.717, 1.165) is 43.7 Å². The molecule has 5 rings (SSSR count). The van der Waals surface area contributed by atoms with Crippen molar-refractivity contribution in [3.63, 3.8) is 0 Å². The van der Waals surface area contributed by atoms with Gasteiger partial charge in [0.2, 0.25) is 0 Å². The molecule has 0 unspecified atom stereocenters. The Morgan fingerprint density at radius 3 is 1.90 bits per heavy atom. The Hall–Kier alpha value is -3.59. The second kappa shape index (κ2) is 8.03. The van der Waals surface area contributed by atoms with Crippen LogP contribution in [0.2, 0.25) is 0 Å². The Labute approximate surface area is 182 Å². The molecule has 0 fully saturated rings. The lowest BCUT2D eigenvalue weighted by molar-refractivity contribution is 1.38. The van der Waals surface area contributed by atoms with E-state index in [1.54, 1.807) is 22.7 Å². The molecule has 3 nitrogen and oxygen atoms in total. The highest BCUT2D eigenvalue weighted by molar-refractivity contribution is 7.13. The lowest BCUT2D eigenvalue weighted by Crippen LogP contribution is -1.83. The van der Waals surface area contributed by atoms with Crippen molar-refractivity contribution in [1.82, 2.24) is 9.97 Å². The first-order valence-corrected chi connectivity index (χ1v) is 11.1. The molecule has 0 atom stereocenters. The first-order chi connectivity index (χ1) is 14.8. The third-order valence-electron chi connectivity index (χ3n) is 4.74. The van der Waals surface area contributed by atoms with Gasteiger partial charge < -0.3 is 0 Å².